The number of benzene rings is 1. The van der Waals surface area contributed by atoms with Crippen molar-refractivity contribution >= 4 is 5.91 Å². The maximum absolute atomic E-state index is 14.0. The van der Waals surface area contributed by atoms with Gasteiger partial charge >= 0.3 is 0 Å². The van der Waals surface area contributed by atoms with Crippen molar-refractivity contribution in [2.45, 2.75) is 38.0 Å². The molecule has 0 aliphatic carbocycles. The molecule has 1 saturated heterocycles. The Hall–Kier alpha value is -2.51. The summed E-state index contributed by atoms with van der Waals surface area (Å²) in [4.78, 5) is 18.7. The second kappa shape index (κ2) is 9.33. The molecule has 1 N–H and O–H groups in total. The highest BCUT2D eigenvalue weighted by Crippen LogP contribution is 2.22. The molecule has 0 radical (unpaired) electrons. The monoisotopic (exact) mass is 399 g/mol. The molecule has 4 rings (SSSR count). The first-order valence-corrected chi connectivity index (χ1v) is 10.1. The third kappa shape index (κ3) is 5.10. The van der Waals surface area contributed by atoms with Crippen molar-refractivity contribution in [2.75, 3.05) is 26.3 Å². The van der Waals surface area contributed by atoms with Crippen LogP contribution in [0.3, 0.4) is 0 Å². The number of nitrogens with zero attached hydrogens (tertiary/aromatic N) is 2. The fraction of sp³-hybridized carbons (Fsp3) is 0.455. The van der Waals surface area contributed by atoms with Crippen LogP contribution >= 0.6 is 0 Å². The first-order chi connectivity index (χ1) is 14.2. The molecule has 0 unspecified atom stereocenters. The van der Waals surface area contributed by atoms with E-state index in [1.165, 1.54) is 6.07 Å². The highest BCUT2D eigenvalue weighted by Gasteiger charge is 2.35. The molecule has 1 amide bonds. The van der Waals surface area contributed by atoms with Gasteiger partial charge in [-0.05, 0) is 43.0 Å². The van der Waals surface area contributed by atoms with Gasteiger partial charge in [-0.2, -0.15) is 0 Å². The molecule has 1 aromatic carbocycles. The van der Waals surface area contributed by atoms with Crippen molar-refractivity contribution in [3.8, 4) is 5.75 Å². The van der Waals surface area contributed by atoms with Gasteiger partial charge < -0.3 is 14.8 Å². The van der Waals surface area contributed by atoms with Crippen LogP contribution in [-0.4, -0.2) is 54.2 Å². The summed E-state index contributed by atoms with van der Waals surface area (Å²) in [6.45, 7) is 2.20. The van der Waals surface area contributed by atoms with E-state index in [1.54, 1.807) is 12.3 Å². The number of hydrogen-bond acceptors (Lipinski definition) is 5. The number of aromatic nitrogens is 1. The average Bonchev–Trinajstić information content (AvgIpc) is 3.09. The van der Waals surface area contributed by atoms with Crippen molar-refractivity contribution in [1.82, 2.24) is 15.2 Å². The van der Waals surface area contributed by atoms with Crippen LogP contribution in [0.1, 0.15) is 24.1 Å². The van der Waals surface area contributed by atoms with Gasteiger partial charge in [-0.15, -0.1) is 0 Å². The number of pyridine rings is 1. The maximum atomic E-state index is 14.0. The molecule has 6 nitrogen and oxygen atoms in total. The second-order valence-electron chi connectivity index (χ2n) is 7.56. The molecular weight excluding hydrogens is 373 g/mol. The molecule has 3 heterocycles. The van der Waals surface area contributed by atoms with Gasteiger partial charge in [0.05, 0.1) is 17.8 Å². The Kier molecular flexibility index (Phi) is 6.36. The minimum atomic E-state index is -0.313. The molecular formula is C22H26FN3O3. The highest BCUT2D eigenvalue weighted by molar-refractivity contribution is 5.78. The Bertz CT molecular complexity index is 848. The number of rotatable bonds is 2. The van der Waals surface area contributed by atoms with E-state index in [2.05, 4.69) is 15.2 Å². The van der Waals surface area contributed by atoms with Crippen LogP contribution in [0, 0.1) is 5.82 Å². The van der Waals surface area contributed by atoms with E-state index in [4.69, 9.17) is 9.47 Å². The van der Waals surface area contributed by atoms with Crippen molar-refractivity contribution < 1.29 is 18.7 Å². The van der Waals surface area contributed by atoms with Gasteiger partial charge in [-0.3, -0.25) is 14.7 Å². The Morgan fingerprint density at radius 3 is 2.97 bits per heavy atom. The van der Waals surface area contributed by atoms with E-state index < -0.39 is 0 Å². The van der Waals surface area contributed by atoms with Crippen molar-refractivity contribution in [3.05, 3.63) is 59.7 Å². The summed E-state index contributed by atoms with van der Waals surface area (Å²) < 4.78 is 25.8. The number of amides is 1. The summed E-state index contributed by atoms with van der Waals surface area (Å²) in [5.41, 5.74) is 1.52. The van der Waals surface area contributed by atoms with Crippen LogP contribution in [0.25, 0.3) is 0 Å². The first-order valence-electron chi connectivity index (χ1n) is 10.1. The van der Waals surface area contributed by atoms with Gasteiger partial charge in [0, 0.05) is 32.4 Å². The fourth-order valence-electron chi connectivity index (χ4n) is 3.93. The number of likely N-dealkylation sites (tertiary alicyclic amines) is 1. The number of carbonyl (C=O) groups is 1. The third-order valence-corrected chi connectivity index (χ3v) is 5.40. The predicted octanol–water partition coefficient (Wildman–Crippen LogP) is 2.32. The Balaban J connectivity index is 1.42. The number of fused-ring (bicyclic) bond motifs is 2. The number of hydrogen-bond donors (Lipinski definition) is 1. The molecule has 154 valence electrons. The lowest BCUT2D eigenvalue weighted by molar-refractivity contribution is -0.124. The van der Waals surface area contributed by atoms with Gasteiger partial charge in [-0.1, -0.05) is 18.2 Å². The quantitative estimate of drug-likeness (QED) is 0.840. The maximum Gasteiger partial charge on any atom is 0.258 e. The van der Waals surface area contributed by atoms with Crippen molar-refractivity contribution in [2.24, 2.45) is 0 Å². The number of para-hydroxylation sites is 1. The lowest BCUT2D eigenvalue weighted by Crippen LogP contribution is -2.45. The topological polar surface area (TPSA) is 63.7 Å². The molecule has 2 aliphatic heterocycles. The van der Waals surface area contributed by atoms with Crippen LogP contribution in [0.2, 0.25) is 0 Å². The Morgan fingerprint density at radius 2 is 2.07 bits per heavy atom. The molecule has 0 saturated carbocycles. The molecule has 1 aromatic heterocycles. The lowest BCUT2D eigenvalue weighted by atomic mass is 10.1. The smallest absolute Gasteiger partial charge is 0.258 e. The third-order valence-electron chi connectivity index (χ3n) is 5.40. The summed E-state index contributed by atoms with van der Waals surface area (Å²) >= 11 is 0. The molecule has 2 aromatic rings. The van der Waals surface area contributed by atoms with E-state index in [0.29, 0.717) is 31.9 Å². The van der Waals surface area contributed by atoms with Gasteiger partial charge in [0.2, 0.25) is 0 Å². The number of halogens is 1. The molecule has 0 spiro atoms. The van der Waals surface area contributed by atoms with Crippen LogP contribution in [0.4, 0.5) is 4.39 Å². The van der Waals surface area contributed by atoms with Gasteiger partial charge in [0.25, 0.3) is 5.91 Å². The number of nitrogens with one attached hydrogen (secondary N) is 1. The normalized spacial score (nSPS) is 23.6. The summed E-state index contributed by atoms with van der Waals surface area (Å²) in [5, 5.41) is 3.03. The Morgan fingerprint density at radius 1 is 1.17 bits per heavy atom. The first kappa shape index (κ1) is 19.8. The minimum Gasteiger partial charge on any atom is -0.483 e. The summed E-state index contributed by atoms with van der Waals surface area (Å²) in [6.07, 6.45) is 4.27. The van der Waals surface area contributed by atoms with E-state index in [-0.39, 0.29) is 30.5 Å². The molecule has 0 bridgehead atoms. The summed E-state index contributed by atoms with van der Waals surface area (Å²) in [5.74, 6) is 0.271. The molecule has 1 fully saturated rings. The van der Waals surface area contributed by atoms with Crippen LogP contribution in [0.5, 0.6) is 5.75 Å². The zero-order valence-corrected chi connectivity index (χ0v) is 16.4. The number of aryl methyl sites for hydroxylation is 1. The average molecular weight is 399 g/mol. The van der Waals surface area contributed by atoms with Gasteiger partial charge in [0.1, 0.15) is 11.6 Å². The second-order valence-corrected chi connectivity index (χ2v) is 7.56. The van der Waals surface area contributed by atoms with Crippen molar-refractivity contribution in [1.29, 1.82) is 0 Å². The van der Waals surface area contributed by atoms with Crippen molar-refractivity contribution in [3.63, 3.8) is 0 Å². The van der Waals surface area contributed by atoms with E-state index in [1.807, 2.05) is 24.3 Å². The number of carbonyl (C=O) groups excluding carboxylic acids is 1. The lowest BCUT2D eigenvalue weighted by Gasteiger charge is -2.20. The number of ether oxygens (including phenoxy) is 2. The molecule has 7 heteroatoms. The molecule has 2 aliphatic rings. The molecule has 2 atom stereocenters. The predicted molar refractivity (Wildman–Crippen MR) is 106 cm³/mol. The highest BCUT2D eigenvalue weighted by atomic mass is 19.1. The summed E-state index contributed by atoms with van der Waals surface area (Å²) in [6, 6.07) is 10.7. The standard InChI is InChI=1S/C22H26FN3O3/c23-17-8-5-10-24-18(17)12-26-13-19-21(14-26)28-11-4-3-7-16-6-1-2-9-20(16)29-15-22(27)25-19/h1-2,5-6,8-10,19,21H,3-4,7,11-15H2,(H,25,27)/t19-,21-/m1/s1. The fourth-order valence-corrected chi connectivity index (χ4v) is 3.93. The van der Waals surface area contributed by atoms with Gasteiger partial charge in [0.15, 0.2) is 6.61 Å². The zero-order chi connectivity index (χ0) is 20.1. The SMILES string of the molecule is O=C1COc2ccccc2CCCCO[C@@H]2CN(Cc3ncccc3F)C[C@H]2N1. The van der Waals surface area contributed by atoms with Crippen LogP contribution in [-0.2, 0) is 22.5 Å². The van der Waals surface area contributed by atoms with Crippen LogP contribution < -0.4 is 10.1 Å². The largest absolute Gasteiger partial charge is 0.483 e. The van der Waals surface area contributed by atoms with Gasteiger partial charge in [-0.25, -0.2) is 4.39 Å². The minimum absolute atomic E-state index is 0.0326. The molecule has 29 heavy (non-hydrogen) atoms. The van der Waals surface area contributed by atoms with E-state index >= 15 is 0 Å². The Labute approximate surface area is 170 Å². The van der Waals surface area contributed by atoms with E-state index in [0.717, 1.165) is 30.6 Å². The van der Waals surface area contributed by atoms with Crippen LogP contribution in [0.15, 0.2) is 42.6 Å². The summed E-state index contributed by atoms with van der Waals surface area (Å²) in [7, 11) is 0. The zero-order valence-electron chi connectivity index (χ0n) is 16.4. The van der Waals surface area contributed by atoms with E-state index in [9.17, 15) is 9.18 Å².